The number of hydrogen-bond acceptors (Lipinski definition) is 3. The molecule has 0 bridgehead atoms. The molecule has 0 aromatic heterocycles. The summed E-state index contributed by atoms with van der Waals surface area (Å²) >= 11 is 0. The van der Waals surface area contributed by atoms with Crippen LogP contribution in [0.3, 0.4) is 0 Å². The third kappa shape index (κ3) is 4.25. The van der Waals surface area contributed by atoms with Gasteiger partial charge in [-0.1, -0.05) is 18.2 Å². The Labute approximate surface area is 133 Å². The molecule has 3 heteroatoms. The fraction of sp³-hybridized carbons (Fsp3) is 0.368. The van der Waals surface area contributed by atoms with Gasteiger partial charge >= 0.3 is 0 Å². The number of ether oxygens (including phenoxy) is 2. The van der Waals surface area contributed by atoms with E-state index in [4.69, 9.17) is 15.2 Å². The fourth-order valence-electron chi connectivity index (χ4n) is 2.42. The van der Waals surface area contributed by atoms with Crippen molar-refractivity contribution in [2.75, 3.05) is 13.7 Å². The normalized spacial score (nSPS) is 10.5. The van der Waals surface area contributed by atoms with Gasteiger partial charge < -0.3 is 15.2 Å². The van der Waals surface area contributed by atoms with Gasteiger partial charge in [0, 0.05) is 5.56 Å². The monoisotopic (exact) mass is 299 g/mol. The van der Waals surface area contributed by atoms with Gasteiger partial charge in [0.1, 0.15) is 18.1 Å². The molecule has 118 valence electrons. The average Bonchev–Trinajstić information content (AvgIpc) is 2.53. The van der Waals surface area contributed by atoms with Crippen LogP contribution in [0.5, 0.6) is 11.5 Å². The predicted octanol–water partition coefficient (Wildman–Crippen LogP) is 3.78. The summed E-state index contributed by atoms with van der Waals surface area (Å²) in [5.74, 6) is 1.79. The molecule has 22 heavy (non-hydrogen) atoms. The van der Waals surface area contributed by atoms with E-state index in [0.717, 1.165) is 35.5 Å². The predicted molar refractivity (Wildman–Crippen MR) is 90.6 cm³/mol. The molecule has 0 aliphatic carbocycles. The summed E-state index contributed by atoms with van der Waals surface area (Å²) < 4.78 is 11.4. The molecule has 0 atom stereocenters. The van der Waals surface area contributed by atoms with Gasteiger partial charge in [-0.05, 0) is 68.1 Å². The molecule has 2 rings (SSSR count). The van der Waals surface area contributed by atoms with Crippen LogP contribution in [0.2, 0.25) is 0 Å². The van der Waals surface area contributed by atoms with E-state index in [9.17, 15) is 0 Å². The second-order valence-corrected chi connectivity index (χ2v) is 5.60. The Hall–Kier alpha value is -2.00. The zero-order valence-electron chi connectivity index (χ0n) is 13.7. The Morgan fingerprint density at radius 3 is 2.55 bits per heavy atom. The van der Waals surface area contributed by atoms with E-state index < -0.39 is 0 Å². The molecule has 0 unspecified atom stereocenters. The number of aryl methyl sites for hydroxylation is 3. The molecule has 0 amide bonds. The highest BCUT2D eigenvalue weighted by atomic mass is 16.5. The van der Waals surface area contributed by atoms with Gasteiger partial charge in [-0.2, -0.15) is 0 Å². The van der Waals surface area contributed by atoms with Crippen LogP contribution in [0.1, 0.15) is 28.7 Å². The first-order valence-electron chi connectivity index (χ1n) is 7.70. The first-order chi connectivity index (χ1) is 10.6. The standard InChI is InChI=1S/C19H25NO2/c1-14-6-7-15(2)19(11-14)22-13-17-12-16(5-4-10-20)8-9-18(17)21-3/h6-9,11-12H,4-5,10,13,20H2,1-3H3. The zero-order valence-corrected chi connectivity index (χ0v) is 13.7. The highest BCUT2D eigenvalue weighted by Gasteiger charge is 2.07. The van der Waals surface area contributed by atoms with Crippen molar-refractivity contribution in [1.82, 2.24) is 0 Å². The van der Waals surface area contributed by atoms with E-state index in [0.29, 0.717) is 13.2 Å². The van der Waals surface area contributed by atoms with Gasteiger partial charge in [-0.15, -0.1) is 0 Å². The summed E-state index contributed by atoms with van der Waals surface area (Å²) in [7, 11) is 1.69. The first-order valence-corrected chi connectivity index (χ1v) is 7.70. The Morgan fingerprint density at radius 1 is 1.00 bits per heavy atom. The summed E-state index contributed by atoms with van der Waals surface area (Å²) in [5.41, 5.74) is 10.3. The van der Waals surface area contributed by atoms with Crippen LogP contribution in [0.15, 0.2) is 36.4 Å². The van der Waals surface area contributed by atoms with Gasteiger partial charge in [0.05, 0.1) is 7.11 Å². The van der Waals surface area contributed by atoms with Crippen LogP contribution in [0.4, 0.5) is 0 Å². The van der Waals surface area contributed by atoms with Crippen molar-refractivity contribution < 1.29 is 9.47 Å². The molecule has 0 heterocycles. The highest BCUT2D eigenvalue weighted by Crippen LogP contribution is 2.25. The lowest BCUT2D eigenvalue weighted by molar-refractivity contribution is 0.294. The average molecular weight is 299 g/mol. The van der Waals surface area contributed by atoms with E-state index in [1.54, 1.807) is 7.11 Å². The maximum atomic E-state index is 6.00. The van der Waals surface area contributed by atoms with Crippen LogP contribution < -0.4 is 15.2 Å². The maximum Gasteiger partial charge on any atom is 0.125 e. The van der Waals surface area contributed by atoms with E-state index in [2.05, 4.69) is 44.2 Å². The third-order valence-corrected chi connectivity index (χ3v) is 3.74. The number of rotatable bonds is 7. The Bertz CT molecular complexity index is 623. The van der Waals surface area contributed by atoms with Crippen molar-refractivity contribution in [2.45, 2.75) is 33.3 Å². The SMILES string of the molecule is COc1ccc(CCCN)cc1COc1cc(C)ccc1C. The quantitative estimate of drug-likeness (QED) is 0.846. The van der Waals surface area contributed by atoms with Crippen molar-refractivity contribution in [3.8, 4) is 11.5 Å². The lowest BCUT2D eigenvalue weighted by Gasteiger charge is -2.14. The van der Waals surface area contributed by atoms with Crippen molar-refractivity contribution in [3.05, 3.63) is 58.7 Å². The molecule has 2 aromatic rings. The van der Waals surface area contributed by atoms with E-state index in [-0.39, 0.29) is 0 Å². The lowest BCUT2D eigenvalue weighted by atomic mass is 10.1. The molecule has 0 radical (unpaired) electrons. The summed E-state index contributed by atoms with van der Waals surface area (Å²) in [4.78, 5) is 0. The molecular formula is C19H25NO2. The minimum absolute atomic E-state index is 0.504. The molecule has 3 nitrogen and oxygen atoms in total. The number of benzene rings is 2. The van der Waals surface area contributed by atoms with Gasteiger partial charge in [0.25, 0.3) is 0 Å². The molecule has 2 aromatic carbocycles. The summed E-state index contributed by atoms with van der Waals surface area (Å²) in [6, 6.07) is 12.5. The molecule has 0 spiro atoms. The smallest absolute Gasteiger partial charge is 0.125 e. The first kappa shape index (κ1) is 16.4. The van der Waals surface area contributed by atoms with E-state index in [1.807, 2.05) is 6.07 Å². The van der Waals surface area contributed by atoms with Crippen molar-refractivity contribution in [1.29, 1.82) is 0 Å². The molecule has 0 saturated carbocycles. The summed E-state index contributed by atoms with van der Waals surface area (Å²) in [6.07, 6.45) is 1.97. The van der Waals surface area contributed by atoms with Crippen LogP contribution >= 0.6 is 0 Å². The molecule has 0 saturated heterocycles. The minimum Gasteiger partial charge on any atom is -0.496 e. The topological polar surface area (TPSA) is 44.5 Å². The fourth-order valence-corrected chi connectivity index (χ4v) is 2.42. The van der Waals surface area contributed by atoms with E-state index >= 15 is 0 Å². The van der Waals surface area contributed by atoms with Crippen molar-refractivity contribution in [2.24, 2.45) is 5.73 Å². The van der Waals surface area contributed by atoms with Gasteiger partial charge in [0.2, 0.25) is 0 Å². The van der Waals surface area contributed by atoms with Crippen LogP contribution in [0, 0.1) is 13.8 Å². The largest absolute Gasteiger partial charge is 0.496 e. The molecule has 0 fully saturated rings. The lowest BCUT2D eigenvalue weighted by Crippen LogP contribution is -2.03. The van der Waals surface area contributed by atoms with Gasteiger partial charge in [0.15, 0.2) is 0 Å². The summed E-state index contributed by atoms with van der Waals surface area (Å²) in [6.45, 7) is 5.34. The van der Waals surface area contributed by atoms with Crippen LogP contribution in [-0.2, 0) is 13.0 Å². The molecular weight excluding hydrogens is 274 g/mol. The Kier molecular flexibility index (Phi) is 5.84. The second-order valence-electron chi connectivity index (χ2n) is 5.60. The molecule has 2 N–H and O–H groups in total. The minimum atomic E-state index is 0.504. The van der Waals surface area contributed by atoms with E-state index in [1.165, 1.54) is 11.1 Å². The number of nitrogens with two attached hydrogens (primary N) is 1. The Morgan fingerprint density at radius 2 is 1.82 bits per heavy atom. The summed E-state index contributed by atoms with van der Waals surface area (Å²) in [5, 5.41) is 0. The van der Waals surface area contributed by atoms with Gasteiger partial charge in [-0.25, -0.2) is 0 Å². The van der Waals surface area contributed by atoms with Crippen LogP contribution in [0.25, 0.3) is 0 Å². The van der Waals surface area contributed by atoms with Gasteiger partial charge in [-0.3, -0.25) is 0 Å². The van der Waals surface area contributed by atoms with Crippen molar-refractivity contribution >= 4 is 0 Å². The zero-order chi connectivity index (χ0) is 15.9. The Balaban J connectivity index is 2.14. The second kappa shape index (κ2) is 7.85. The maximum absolute atomic E-state index is 6.00. The number of hydrogen-bond donors (Lipinski definition) is 1. The van der Waals surface area contributed by atoms with Crippen LogP contribution in [-0.4, -0.2) is 13.7 Å². The highest BCUT2D eigenvalue weighted by molar-refractivity contribution is 5.39. The molecule has 0 aliphatic rings. The molecule has 0 aliphatic heterocycles. The third-order valence-electron chi connectivity index (χ3n) is 3.74. The van der Waals surface area contributed by atoms with Crippen molar-refractivity contribution in [3.63, 3.8) is 0 Å². The number of methoxy groups -OCH3 is 1.